The molecule has 100 valence electrons. The molecular formula is C13H22N4O. The number of nitrogens with one attached hydrogen (secondary N) is 1. The average Bonchev–Trinajstić information content (AvgIpc) is 2.93. The summed E-state index contributed by atoms with van der Waals surface area (Å²) >= 11 is 0. The summed E-state index contributed by atoms with van der Waals surface area (Å²) in [6, 6.07) is 0. The predicted molar refractivity (Wildman–Crippen MR) is 68.0 cm³/mol. The molecular weight excluding hydrogens is 228 g/mol. The highest BCUT2D eigenvalue weighted by atomic mass is 16.5. The van der Waals surface area contributed by atoms with Crippen molar-refractivity contribution in [2.24, 2.45) is 17.8 Å². The molecule has 2 saturated heterocycles. The smallest absolute Gasteiger partial charge is 0.240 e. The zero-order valence-electron chi connectivity index (χ0n) is 11.2. The van der Waals surface area contributed by atoms with Crippen molar-refractivity contribution in [3.05, 3.63) is 11.7 Å². The molecule has 0 saturated carbocycles. The molecule has 2 fully saturated rings. The van der Waals surface area contributed by atoms with Crippen LogP contribution in [0.15, 0.2) is 4.52 Å². The van der Waals surface area contributed by atoms with Gasteiger partial charge >= 0.3 is 0 Å². The minimum absolute atomic E-state index is 0.577. The van der Waals surface area contributed by atoms with Crippen molar-refractivity contribution < 1.29 is 4.52 Å². The van der Waals surface area contributed by atoms with E-state index in [0.717, 1.165) is 36.5 Å². The summed E-state index contributed by atoms with van der Waals surface area (Å²) in [6.07, 6.45) is 0.901. The summed E-state index contributed by atoms with van der Waals surface area (Å²) in [5.74, 6) is 3.85. The van der Waals surface area contributed by atoms with Crippen LogP contribution in [0.25, 0.3) is 0 Å². The Balaban J connectivity index is 1.55. The molecule has 5 nitrogen and oxygen atoms in total. The summed E-state index contributed by atoms with van der Waals surface area (Å²) in [5.41, 5.74) is 0. The number of hydrogen-bond donors (Lipinski definition) is 1. The van der Waals surface area contributed by atoms with Crippen LogP contribution in [0.3, 0.4) is 0 Å². The summed E-state index contributed by atoms with van der Waals surface area (Å²) in [4.78, 5) is 6.92. The second kappa shape index (κ2) is 4.97. The van der Waals surface area contributed by atoms with Gasteiger partial charge in [-0.05, 0) is 30.8 Å². The van der Waals surface area contributed by atoms with Crippen molar-refractivity contribution in [1.29, 1.82) is 0 Å². The van der Waals surface area contributed by atoms with Crippen LogP contribution in [0.5, 0.6) is 0 Å². The third-order valence-electron chi connectivity index (χ3n) is 3.92. The molecule has 3 rings (SSSR count). The maximum atomic E-state index is 5.33. The molecule has 0 amide bonds. The topological polar surface area (TPSA) is 54.2 Å². The van der Waals surface area contributed by atoms with Gasteiger partial charge in [-0.25, -0.2) is 0 Å². The molecule has 0 radical (unpaired) electrons. The first kappa shape index (κ1) is 12.1. The molecule has 2 atom stereocenters. The quantitative estimate of drug-likeness (QED) is 0.861. The van der Waals surface area contributed by atoms with Gasteiger partial charge in [0, 0.05) is 19.5 Å². The molecule has 0 aliphatic carbocycles. The molecule has 1 aromatic rings. The van der Waals surface area contributed by atoms with E-state index in [2.05, 4.69) is 34.2 Å². The van der Waals surface area contributed by atoms with Gasteiger partial charge in [0.05, 0.1) is 6.54 Å². The monoisotopic (exact) mass is 250 g/mol. The molecule has 0 unspecified atom stereocenters. The lowest BCUT2D eigenvalue weighted by Crippen LogP contribution is -2.25. The van der Waals surface area contributed by atoms with Crippen molar-refractivity contribution in [1.82, 2.24) is 20.4 Å². The molecule has 3 heterocycles. The second-order valence-corrected chi connectivity index (χ2v) is 6.07. The van der Waals surface area contributed by atoms with Gasteiger partial charge in [0.2, 0.25) is 5.89 Å². The van der Waals surface area contributed by atoms with Gasteiger partial charge in [-0.1, -0.05) is 19.0 Å². The molecule has 18 heavy (non-hydrogen) atoms. The van der Waals surface area contributed by atoms with Gasteiger partial charge < -0.3 is 9.84 Å². The third kappa shape index (κ3) is 2.57. The lowest BCUT2D eigenvalue weighted by atomic mass is 10.0. The van der Waals surface area contributed by atoms with E-state index in [1.54, 1.807) is 0 Å². The average molecular weight is 250 g/mol. The number of aromatic nitrogens is 2. The van der Waals surface area contributed by atoms with E-state index < -0.39 is 0 Å². The molecule has 5 heteroatoms. The third-order valence-corrected chi connectivity index (χ3v) is 3.92. The van der Waals surface area contributed by atoms with Crippen molar-refractivity contribution in [2.75, 3.05) is 26.2 Å². The van der Waals surface area contributed by atoms with Crippen LogP contribution in [-0.2, 0) is 13.0 Å². The Hall–Kier alpha value is -0.940. The lowest BCUT2D eigenvalue weighted by molar-refractivity contribution is 0.253. The maximum Gasteiger partial charge on any atom is 0.240 e. The Morgan fingerprint density at radius 3 is 2.72 bits per heavy atom. The number of hydrogen-bond acceptors (Lipinski definition) is 5. The molecule has 0 bridgehead atoms. The normalized spacial score (nSPS) is 28.2. The van der Waals surface area contributed by atoms with Gasteiger partial charge in [-0.2, -0.15) is 4.98 Å². The predicted octanol–water partition coefficient (Wildman–Crippen LogP) is 0.919. The summed E-state index contributed by atoms with van der Waals surface area (Å²) in [5, 5.41) is 7.50. The van der Waals surface area contributed by atoms with E-state index in [0.29, 0.717) is 5.92 Å². The van der Waals surface area contributed by atoms with E-state index >= 15 is 0 Å². The first-order chi connectivity index (χ1) is 8.70. The van der Waals surface area contributed by atoms with E-state index in [1.165, 1.54) is 26.2 Å². The molecule has 0 aromatic carbocycles. The van der Waals surface area contributed by atoms with E-state index in [-0.39, 0.29) is 0 Å². The zero-order valence-corrected chi connectivity index (χ0v) is 11.2. The molecule has 2 aliphatic rings. The van der Waals surface area contributed by atoms with Crippen LogP contribution in [0.4, 0.5) is 0 Å². The van der Waals surface area contributed by atoms with Gasteiger partial charge in [0.15, 0.2) is 5.82 Å². The maximum absolute atomic E-state index is 5.33. The second-order valence-electron chi connectivity index (χ2n) is 6.07. The first-order valence-corrected chi connectivity index (χ1v) is 6.95. The first-order valence-electron chi connectivity index (χ1n) is 6.95. The molecule has 2 aliphatic heterocycles. The Morgan fingerprint density at radius 1 is 1.33 bits per heavy atom. The fraction of sp³-hybridized carbons (Fsp3) is 0.846. The van der Waals surface area contributed by atoms with Crippen LogP contribution in [-0.4, -0.2) is 41.2 Å². The largest absolute Gasteiger partial charge is 0.338 e. The lowest BCUT2D eigenvalue weighted by Gasteiger charge is -2.13. The molecule has 1 N–H and O–H groups in total. The van der Waals surface area contributed by atoms with Crippen molar-refractivity contribution in [3.8, 4) is 0 Å². The Morgan fingerprint density at radius 2 is 2.06 bits per heavy atom. The summed E-state index contributed by atoms with van der Waals surface area (Å²) in [6.45, 7) is 9.83. The van der Waals surface area contributed by atoms with Gasteiger partial charge in [0.25, 0.3) is 0 Å². The van der Waals surface area contributed by atoms with E-state index in [4.69, 9.17) is 4.52 Å². The van der Waals surface area contributed by atoms with Gasteiger partial charge in [-0.3, -0.25) is 4.90 Å². The summed E-state index contributed by atoms with van der Waals surface area (Å²) in [7, 11) is 0. The van der Waals surface area contributed by atoms with Crippen LogP contribution in [0.1, 0.15) is 25.6 Å². The number of nitrogens with zero attached hydrogens (tertiary/aromatic N) is 3. The van der Waals surface area contributed by atoms with Crippen LogP contribution in [0, 0.1) is 17.8 Å². The SMILES string of the molecule is CC(C)Cc1noc(CN2C[C@H]3CNC[C@H]3C2)n1. The van der Waals surface area contributed by atoms with Crippen molar-refractivity contribution >= 4 is 0 Å². The van der Waals surface area contributed by atoms with E-state index in [1.807, 2.05) is 0 Å². The van der Waals surface area contributed by atoms with Crippen LogP contribution < -0.4 is 5.32 Å². The number of likely N-dealkylation sites (tertiary alicyclic amines) is 1. The highest BCUT2D eigenvalue weighted by Gasteiger charge is 2.36. The molecule has 1 aromatic heterocycles. The highest BCUT2D eigenvalue weighted by Crippen LogP contribution is 2.27. The van der Waals surface area contributed by atoms with Crippen LogP contribution >= 0.6 is 0 Å². The van der Waals surface area contributed by atoms with Crippen molar-refractivity contribution in [3.63, 3.8) is 0 Å². The van der Waals surface area contributed by atoms with Crippen LogP contribution in [0.2, 0.25) is 0 Å². The zero-order chi connectivity index (χ0) is 12.5. The highest BCUT2D eigenvalue weighted by molar-refractivity contribution is 4.94. The molecule has 0 spiro atoms. The summed E-state index contributed by atoms with van der Waals surface area (Å²) < 4.78 is 5.33. The van der Waals surface area contributed by atoms with E-state index in [9.17, 15) is 0 Å². The minimum Gasteiger partial charge on any atom is -0.338 e. The van der Waals surface area contributed by atoms with Gasteiger partial charge in [-0.15, -0.1) is 0 Å². The minimum atomic E-state index is 0.577. The Bertz CT molecular complexity index is 391. The van der Waals surface area contributed by atoms with Crippen molar-refractivity contribution in [2.45, 2.75) is 26.8 Å². The number of fused-ring (bicyclic) bond motifs is 1. The fourth-order valence-corrected chi connectivity index (χ4v) is 3.08. The standard InChI is InChI=1S/C13H22N4O/c1-9(2)3-12-15-13(18-16-12)8-17-6-10-4-14-5-11(10)7-17/h9-11,14H,3-8H2,1-2H3/t10-,11+. The number of rotatable bonds is 4. The Kier molecular flexibility index (Phi) is 3.35. The van der Waals surface area contributed by atoms with Gasteiger partial charge in [0.1, 0.15) is 0 Å². The fourth-order valence-electron chi connectivity index (χ4n) is 3.08. The Labute approximate surface area is 108 Å².